The van der Waals surface area contributed by atoms with Gasteiger partial charge in [0, 0.05) is 11.5 Å². The SMILES string of the molecule is CC1(NC(=O)OCc2ccccc2)CSC1. The fraction of sp³-hybridized carbons (Fsp3) is 0.417. The van der Waals surface area contributed by atoms with E-state index in [2.05, 4.69) is 5.32 Å². The van der Waals surface area contributed by atoms with Crippen LogP contribution in [0.1, 0.15) is 12.5 Å². The molecule has 0 aromatic heterocycles. The lowest BCUT2D eigenvalue weighted by Gasteiger charge is -2.37. The van der Waals surface area contributed by atoms with Gasteiger partial charge in [0.15, 0.2) is 0 Å². The second-order valence-electron chi connectivity index (χ2n) is 4.24. The van der Waals surface area contributed by atoms with Gasteiger partial charge in [-0.15, -0.1) is 0 Å². The Labute approximate surface area is 99.6 Å². The molecule has 1 aromatic carbocycles. The highest BCUT2D eigenvalue weighted by molar-refractivity contribution is 8.00. The van der Waals surface area contributed by atoms with Crippen molar-refractivity contribution in [1.29, 1.82) is 0 Å². The highest BCUT2D eigenvalue weighted by Gasteiger charge is 2.34. The molecule has 1 aliphatic rings. The van der Waals surface area contributed by atoms with Crippen LogP contribution < -0.4 is 5.32 Å². The highest BCUT2D eigenvalue weighted by Crippen LogP contribution is 2.28. The lowest BCUT2D eigenvalue weighted by atomic mass is 10.1. The van der Waals surface area contributed by atoms with Crippen LogP contribution in [0.25, 0.3) is 0 Å². The molecule has 1 N–H and O–H groups in total. The van der Waals surface area contributed by atoms with Gasteiger partial charge < -0.3 is 10.1 Å². The molecule has 0 spiro atoms. The van der Waals surface area contributed by atoms with Crippen LogP contribution in [0.5, 0.6) is 0 Å². The zero-order valence-electron chi connectivity index (χ0n) is 9.23. The average molecular weight is 237 g/mol. The fourth-order valence-electron chi connectivity index (χ4n) is 1.49. The summed E-state index contributed by atoms with van der Waals surface area (Å²) in [6.07, 6.45) is -0.327. The summed E-state index contributed by atoms with van der Waals surface area (Å²) in [4.78, 5) is 11.5. The average Bonchev–Trinajstić information content (AvgIpc) is 2.26. The number of benzene rings is 1. The van der Waals surface area contributed by atoms with E-state index >= 15 is 0 Å². The quantitative estimate of drug-likeness (QED) is 0.877. The van der Waals surface area contributed by atoms with E-state index in [9.17, 15) is 4.79 Å². The van der Waals surface area contributed by atoms with Gasteiger partial charge in [0.25, 0.3) is 0 Å². The molecule has 86 valence electrons. The van der Waals surface area contributed by atoms with Crippen molar-refractivity contribution in [2.75, 3.05) is 11.5 Å². The smallest absolute Gasteiger partial charge is 0.407 e. The summed E-state index contributed by atoms with van der Waals surface area (Å²) in [6, 6.07) is 9.68. The van der Waals surface area contributed by atoms with E-state index in [1.54, 1.807) is 0 Å². The maximum absolute atomic E-state index is 11.5. The first-order valence-electron chi connectivity index (χ1n) is 5.25. The van der Waals surface area contributed by atoms with E-state index in [0.717, 1.165) is 17.1 Å². The molecule has 1 heterocycles. The Morgan fingerprint density at radius 1 is 1.44 bits per heavy atom. The third-order valence-electron chi connectivity index (χ3n) is 2.46. The molecule has 1 fully saturated rings. The molecular weight excluding hydrogens is 222 g/mol. The molecule has 0 bridgehead atoms. The number of carbonyl (C=O) groups is 1. The Hall–Kier alpha value is -1.16. The predicted molar refractivity (Wildman–Crippen MR) is 65.5 cm³/mol. The van der Waals surface area contributed by atoms with Crippen molar-refractivity contribution in [3.8, 4) is 0 Å². The number of nitrogens with one attached hydrogen (secondary N) is 1. The summed E-state index contributed by atoms with van der Waals surface area (Å²) >= 11 is 1.83. The summed E-state index contributed by atoms with van der Waals surface area (Å²) in [5.41, 5.74) is 0.934. The number of amides is 1. The minimum atomic E-state index is -0.327. The predicted octanol–water partition coefficient (Wildman–Crippen LogP) is 2.42. The second kappa shape index (κ2) is 4.78. The molecule has 0 atom stereocenters. The summed E-state index contributed by atoms with van der Waals surface area (Å²) in [5.74, 6) is 1.93. The van der Waals surface area contributed by atoms with Gasteiger partial charge >= 0.3 is 6.09 Å². The molecule has 0 unspecified atom stereocenters. The van der Waals surface area contributed by atoms with Gasteiger partial charge in [-0.05, 0) is 12.5 Å². The van der Waals surface area contributed by atoms with Crippen LogP contribution in [-0.2, 0) is 11.3 Å². The maximum atomic E-state index is 11.5. The number of alkyl carbamates (subject to hydrolysis) is 1. The minimum absolute atomic E-state index is 0.0710. The fourth-order valence-corrected chi connectivity index (χ4v) is 2.45. The van der Waals surface area contributed by atoms with Gasteiger partial charge in [-0.2, -0.15) is 11.8 Å². The zero-order valence-corrected chi connectivity index (χ0v) is 10.0. The largest absolute Gasteiger partial charge is 0.445 e. The molecule has 0 aliphatic carbocycles. The number of thioether (sulfide) groups is 1. The molecule has 2 rings (SSSR count). The first-order valence-corrected chi connectivity index (χ1v) is 6.40. The van der Waals surface area contributed by atoms with Gasteiger partial charge in [-0.3, -0.25) is 0 Å². The van der Waals surface area contributed by atoms with Crippen molar-refractivity contribution in [3.05, 3.63) is 35.9 Å². The molecule has 0 saturated carbocycles. The molecule has 3 nitrogen and oxygen atoms in total. The van der Waals surface area contributed by atoms with E-state index in [4.69, 9.17) is 4.74 Å². The van der Waals surface area contributed by atoms with Gasteiger partial charge in [0.05, 0.1) is 5.54 Å². The Morgan fingerprint density at radius 2 is 2.12 bits per heavy atom. The molecule has 1 aromatic rings. The number of ether oxygens (including phenoxy) is 1. The normalized spacial score (nSPS) is 17.3. The lowest BCUT2D eigenvalue weighted by molar-refractivity contribution is 0.131. The Kier molecular flexibility index (Phi) is 3.39. The van der Waals surface area contributed by atoms with Crippen LogP contribution in [0.3, 0.4) is 0 Å². The van der Waals surface area contributed by atoms with Crippen molar-refractivity contribution in [2.24, 2.45) is 0 Å². The van der Waals surface area contributed by atoms with Crippen LogP contribution >= 0.6 is 11.8 Å². The molecule has 1 saturated heterocycles. The maximum Gasteiger partial charge on any atom is 0.407 e. The Morgan fingerprint density at radius 3 is 2.69 bits per heavy atom. The summed E-state index contributed by atoms with van der Waals surface area (Å²) in [7, 11) is 0. The number of rotatable bonds is 3. The summed E-state index contributed by atoms with van der Waals surface area (Å²) in [5, 5.41) is 2.88. The van der Waals surface area contributed by atoms with E-state index in [1.165, 1.54) is 0 Å². The van der Waals surface area contributed by atoms with Crippen LogP contribution in [0, 0.1) is 0 Å². The molecule has 1 amide bonds. The minimum Gasteiger partial charge on any atom is -0.445 e. The van der Waals surface area contributed by atoms with Crippen LogP contribution in [0.15, 0.2) is 30.3 Å². The van der Waals surface area contributed by atoms with Crippen LogP contribution in [0.4, 0.5) is 4.79 Å². The van der Waals surface area contributed by atoms with Crippen molar-refractivity contribution in [3.63, 3.8) is 0 Å². The van der Waals surface area contributed by atoms with Gasteiger partial charge in [-0.25, -0.2) is 4.79 Å². The molecule has 4 heteroatoms. The van der Waals surface area contributed by atoms with Crippen molar-refractivity contribution in [2.45, 2.75) is 19.1 Å². The molecule has 16 heavy (non-hydrogen) atoms. The molecular formula is C12H15NO2S. The van der Waals surface area contributed by atoms with E-state index in [0.29, 0.717) is 6.61 Å². The first-order chi connectivity index (χ1) is 7.68. The van der Waals surface area contributed by atoms with Crippen LogP contribution in [0.2, 0.25) is 0 Å². The highest BCUT2D eigenvalue weighted by atomic mass is 32.2. The topological polar surface area (TPSA) is 38.3 Å². The van der Waals surface area contributed by atoms with Crippen molar-refractivity contribution < 1.29 is 9.53 Å². The van der Waals surface area contributed by atoms with E-state index in [1.807, 2.05) is 49.0 Å². The number of carbonyl (C=O) groups excluding carboxylic acids is 1. The monoisotopic (exact) mass is 237 g/mol. The lowest BCUT2D eigenvalue weighted by Crippen LogP contribution is -2.55. The zero-order chi connectivity index (χ0) is 11.4. The van der Waals surface area contributed by atoms with E-state index < -0.39 is 0 Å². The van der Waals surface area contributed by atoms with Gasteiger partial charge in [-0.1, -0.05) is 30.3 Å². The number of hydrogen-bond donors (Lipinski definition) is 1. The summed E-state index contributed by atoms with van der Waals surface area (Å²) in [6.45, 7) is 2.36. The third-order valence-corrected chi connectivity index (χ3v) is 4.14. The van der Waals surface area contributed by atoms with E-state index in [-0.39, 0.29) is 11.6 Å². The molecule has 1 aliphatic heterocycles. The number of hydrogen-bond acceptors (Lipinski definition) is 3. The van der Waals surface area contributed by atoms with Crippen molar-refractivity contribution >= 4 is 17.9 Å². The van der Waals surface area contributed by atoms with Gasteiger partial charge in [0.1, 0.15) is 6.61 Å². The molecule has 0 radical (unpaired) electrons. The standard InChI is InChI=1S/C12H15NO2S/c1-12(8-16-9-12)13-11(14)15-7-10-5-3-2-4-6-10/h2-6H,7-9H2,1H3,(H,13,14). The third kappa shape index (κ3) is 2.92. The Balaban J connectivity index is 1.76. The summed E-state index contributed by atoms with van der Waals surface area (Å²) < 4.78 is 5.14. The van der Waals surface area contributed by atoms with Crippen LogP contribution in [-0.4, -0.2) is 23.1 Å². The second-order valence-corrected chi connectivity index (χ2v) is 5.23. The van der Waals surface area contributed by atoms with Crippen molar-refractivity contribution in [1.82, 2.24) is 5.32 Å². The van der Waals surface area contributed by atoms with Gasteiger partial charge in [0.2, 0.25) is 0 Å². The first kappa shape index (κ1) is 11.3. The Bertz CT molecular complexity index is 363.